The number of hydrogen-bond acceptors (Lipinski definition) is 8. The monoisotopic (exact) mass is 631 g/mol. The van der Waals surface area contributed by atoms with Crippen molar-refractivity contribution in [3.63, 3.8) is 0 Å². The van der Waals surface area contributed by atoms with E-state index in [4.69, 9.17) is 8.85 Å². The summed E-state index contributed by atoms with van der Waals surface area (Å²) >= 11 is 1.28. The Morgan fingerprint density at radius 3 is 2.21 bits per heavy atom. The summed E-state index contributed by atoms with van der Waals surface area (Å²) in [6, 6.07) is 1.74. The van der Waals surface area contributed by atoms with Crippen LogP contribution in [0.5, 0.6) is 0 Å². The molecule has 0 bridgehead atoms. The third-order valence-corrected chi connectivity index (χ3v) is 21.2. The summed E-state index contributed by atoms with van der Waals surface area (Å²) in [5, 5.41) is 5.47. The van der Waals surface area contributed by atoms with Crippen molar-refractivity contribution in [2.24, 2.45) is 5.92 Å². The van der Waals surface area contributed by atoms with E-state index in [2.05, 4.69) is 90.7 Å². The Morgan fingerprint density at radius 1 is 1.07 bits per heavy atom. The molecule has 1 aliphatic rings. The molecular formula is C32H53N3O4SSi2. The highest BCUT2D eigenvalue weighted by molar-refractivity contribution is 7.12. The molecular weight excluding hydrogens is 579 g/mol. The summed E-state index contributed by atoms with van der Waals surface area (Å²) in [5.74, 6) is 0.545. The largest absolute Gasteiger partial charge is 0.416 e. The third kappa shape index (κ3) is 7.49. The van der Waals surface area contributed by atoms with Gasteiger partial charge in [-0.05, 0) is 60.6 Å². The maximum atomic E-state index is 13.5. The van der Waals surface area contributed by atoms with Crippen molar-refractivity contribution in [1.29, 1.82) is 0 Å². The van der Waals surface area contributed by atoms with Gasteiger partial charge in [0.2, 0.25) is 14.1 Å². The minimum Gasteiger partial charge on any atom is -0.416 e. The van der Waals surface area contributed by atoms with Crippen LogP contribution in [0, 0.1) is 5.92 Å². The normalized spacial score (nSPS) is 20.1. The molecule has 0 amide bonds. The first kappa shape index (κ1) is 34.8. The van der Waals surface area contributed by atoms with E-state index in [0.717, 1.165) is 12.8 Å². The van der Waals surface area contributed by atoms with Gasteiger partial charge in [0.1, 0.15) is 12.1 Å². The number of carbonyl (C=O) groups excluding carboxylic acids is 2. The predicted molar refractivity (Wildman–Crippen MR) is 179 cm³/mol. The number of ketones is 2. The Hall–Kier alpha value is -1.73. The molecule has 3 atom stereocenters. The molecule has 0 spiro atoms. The Morgan fingerprint density at radius 2 is 1.69 bits per heavy atom. The van der Waals surface area contributed by atoms with Gasteiger partial charge in [-0.15, -0.1) is 11.3 Å². The van der Waals surface area contributed by atoms with Crippen LogP contribution in [0.3, 0.4) is 0 Å². The van der Waals surface area contributed by atoms with Gasteiger partial charge in [-0.25, -0.2) is 9.97 Å². The number of anilines is 1. The van der Waals surface area contributed by atoms with E-state index in [-0.39, 0.29) is 34.7 Å². The second-order valence-electron chi connectivity index (χ2n) is 14.5. The summed E-state index contributed by atoms with van der Waals surface area (Å²) in [4.78, 5) is 34.4. The van der Waals surface area contributed by atoms with Crippen molar-refractivity contribution in [2.75, 3.05) is 11.9 Å². The molecule has 1 N–H and O–H groups in total. The summed E-state index contributed by atoms with van der Waals surface area (Å²) in [6.45, 7) is 27.6. The molecule has 42 heavy (non-hydrogen) atoms. The second-order valence-corrected chi connectivity index (χ2v) is 25.6. The molecule has 0 aliphatic heterocycles. The highest BCUT2D eigenvalue weighted by atomic mass is 32.1. The number of rotatable bonds is 13. The summed E-state index contributed by atoms with van der Waals surface area (Å²) < 4.78 is 14.2. The van der Waals surface area contributed by atoms with Gasteiger partial charge in [0, 0.05) is 35.7 Å². The summed E-state index contributed by atoms with van der Waals surface area (Å²) in [5.41, 5.74) is 2.43. The molecule has 2 aromatic rings. The zero-order valence-corrected chi connectivity index (χ0v) is 30.6. The zero-order valence-electron chi connectivity index (χ0n) is 27.8. The topological polar surface area (TPSA) is 90.4 Å². The average Bonchev–Trinajstić information content (AvgIpc) is 3.52. The van der Waals surface area contributed by atoms with Crippen LogP contribution in [0.15, 0.2) is 24.0 Å². The van der Waals surface area contributed by atoms with Gasteiger partial charge >= 0.3 is 0 Å². The van der Waals surface area contributed by atoms with Crippen molar-refractivity contribution in [1.82, 2.24) is 9.97 Å². The number of aromatic nitrogens is 2. The number of hydrogen-bond donors (Lipinski definition) is 1. The predicted octanol–water partition coefficient (Wildman–Crippen LogP) is 8.74. The molecule has 10 heteroatoms. The number of carbonyl (C=O) groups is 2. The molecule has 0 radical (unpaired) electrons. The maximum Gasteiger partial charge on any atom is 0.208 e. The van der Waals surface area contributed by atoms with Gasteiger partial charge < -0.3 is 14.2 Å². The molecule has 0 aromatic carbocycles. The smallest absolute Gasteiger partial charge is 0.208 e. The van der Waals surface area contributed by atoms with Gasteiger partial charge in [0.15, 0.2) is 14.1 Å². The molecule has 234 valence electrons. The van der Waals surface area contributed by atoms with Crippen LogP contribution in [0.25, 0.3) is 0 Å². The van der Waals surface area contributed by atoms with Crippen LogP contribution in [0.1, 0.15) is 108 Å². The van der Waals surface area contributed by atoms with Crippen LogP contribution in [0.2, 0.25) is 34.8 Å². The molecule has 0 unspecified atom stereocenters. The first-order valence-electron chi connectivity index (χ1n) is 15.4. The first-order valence-corrected chi connectivity index (χ1v) is 21.4. The van der Waals surface area contributed by atoms with Crippen molar-refractivity contribution < 1.29 is 18.4 Å². The highest BCUT2D eigenvalue weighted by Gasteiger charge is 2.50. The lowest BCUT2D eigenvalue weighted by atomic mass is 10.1. The average molecular weight is 632 g/mol. The minimum atomic E-state index is -2.13. The van der Waals surface area contributed by atoms with E-state index in [9.17, 15) is 9.59 Å². The van der Waals surface area contributed by atoms with Crippen molar-refractivity contribution in [3.8, 4) is 0 Å². The number of nitrogens with one attached hydrogen (secondary N) is 1. The number of Topliss-reactive ketones (excluding diaryl/α,β-unsaturated/α-hetero) is 1. The van der Waals surface area contributed by atoms with Gasteiger partial charge in [0.25, 0.3) is 0 Å². The Labute approximate surface area is 259 Å². The fourth-order valence-corrected chi connectivity index (χ4v) is 13.9. The number of thiophene rings is 1. The second kappa shape index (κ2) is 13.5. The minimum absolute atomic E-state index is 0.0558. The molecule has 1 saturated carbocycles. The first-order chi connectivity index (χ1) is 19.4. The molecule has 7 nitrogen and oxygen atoms in total. The van der Waals surface area contributed by atoms with E-state index in [1.54, 1.807) is 17.6 Å². The maximum absolute atomic E-state index is 13.5. The Kier molecular flexibility index (Phi) is 11.2. The highest BCUT2D eigenvalue weighted by Crippen LogP contribution is 2.46. The summed E-state index contributed by atoms with van der Waals surface area (Å²) in [6.07, 6.45) is 4.83. The van der Waals surface area contributed by atoms with Gasteiger partial charge in [-0.1, -0.05) is 62.3 Å². The van der Waals surface area contributed by atoms with Crippen LogP contribution in [0.4, 0.5) is 5.82 Å². The fourth-order valence-electron chi connectivity index (χ4n) is 6.30. The van der Waals surface area contributed by atoms with Crippen LogP contribution < -0.4 is 5.32 Å². The van der Waals surface area contributed by atoms with Crippen LogP contribution in [-0.2, 0) is 8.85 Å². The van der Waals surface area contributed by atoms with Gasteiger partial charge in [-0.2, -0.15) is 0 Å². The van der Waals surface area contributed by atoms with Crippen LogP contribution in [-0.4, -0.2) is 56.9 Å². The lowest BCUT2D eigenvalue weighted by molar-refractivity contribution is 0.0970. The Bertz CT molecular complexity index is 1220. The Balaban J connectivity index is 1.90. The molecule has 3 rings (SSSR count). The van der Waals surface area contributed by atoms with E-state index in [0.29, 0.717) is 45.1 Å². The standard InChI is InChI=1S/C32H53N3O4SSi2/c1-20(2)42(21(3)4,22(5)6)39-28-15-26(13-24(28)17-38-41(11,12)32(8,9)10)35-31-27(16-33-19-34-31)30(37)29-14-25(18-40-29)23(7)36/h14,16,18-22,24,26,28H,13,15,17H2,1-12H3,(H,33,34,35)/t24-,26-,28+/m1/s1. The molecule has 0 saturated heterocycles. The number of nitrogens with zero attached hydrogens (tertiary/aromatic N) is 2. The summed E-state index contributed by atoms with van der Waals surface area (Å²) in [7, 11) is -4.07. The lowest BCUT2D eigenvalue weighted by Crippen LogP contribution is -2.51. The van der Waals surface area contributed by atoms with Crippen LogP contribution >= 0.6 is 11.3 Å². The van der Waals surface area contributed by atoms with Gasteiger partial charge in [0.05, 0.1) is 16.5 Å². The van der Waals surface area contributed by atoms with Gasteiger partial charge in [-0.3, -0.25) is 9.59 Å². The molecule has 1 aliphatic carbocycles. The van der Waals surface area contributed by atoms with E-state index >= 15 is 0 Å². The van der Waals surface area contributed by atoms with E-state index in [1.165, 1.54) is 24.6 Å². The molecule has 2 aromatic heterocycles. The third-order valence-electron chi connectivity index (χ3n) is 9.68. The van der Waals surface area contributed by atoms with E-state index in [1.807, 2.05) is 0 Å². The van der Waals surface area contributed by atoms with E-state index < -0.39 is 16.6 Å². The lowest BCUT2D eigenvalue weighted by Gasteiger charge is -2.45. The fraction of sp³-hybridized carbons (Fsp3) is 0.688. The van der Waals surface area contributed by atoms with Crippen molar-refractivity contribution in [3.05, 3.63) is 40.0 Å². The SMILES string of the molecule is CC(=O)c1csc(C(=O)c2cncnc2N[C@@H]2C[C@H](CO[Si](C)(C)C(C)(C)C)[C@@H](O[Si](C(C)C)(C(C)C)C(C)C)C2)c1. The molecule has 2 heterocycles. The quantitative estimate of drug-likeness (QED) is 0.175. The van der Waals surface area contributed by atoms with Crippen molar-refractivity contribution in [2.45, 2.75) is 129 Å². The van der Waals surface area contributed by atoms with Crippen molar-refractivity contribution >= 4 is 45.4 Å². The molecule has 1 fully saturated rings. The zero-order chi connectivity index (χ0) is 31.6.